The quantitative estimate of drug-likeness (QED) is 0.387. The number of ketones is 1. The van der Waals surface area contributed by atoms with E-state index in [-0.39, 0.29) is 0 Å². The molecule has 0 N–H and O–H groups in total. The number of methoxy groups -OCH3 is 1. The van der Waals surface area contributed by atoms with Gasteiger partial charge in [-0.25, -0.2) is 0 Å². The summed E-state index contributed by atoms with van der Waals surface area (Å²) in [6.07, 6.45) is 3.83. The topological polar surface area (TPSA) is 56.3 Å². The highest BCUT2D eigenvalue weighted by Gasteiger charge is 2.11. The standard InChI is InChI=1S/C9H8NO3/c1-13-9(12)5-8(11)7-3-2-4-10-6-7/h2-6H,1H3. The molecule has 1 aromatic heterocycles. The van der Waals surface area contributed by atoms with Crippen molar-refractivity contribution >= 4 is 11.8 Å². The summed E-state index contributed by atoms with van der Waals surface area (Å²) >= 11 is 0. The Labute approximate surface area is 75.5 Å². The summed E-state index contributed by atoms with van der Waals surface area (Å²) in [5.41, 5.74) is 0.368. The molecule has 0 saturated heterocycles. The lowest BCUT2D eigenvalue weighted by Crippen LogP contribution is -2.10. The van der Waals surface area contributed by atoms with E-state index >= 15 is 0 Å². The van der Waals surface area contributed by atoms with Crippen LogP contribution < -0.4 is 0 Å². The minimum Gasteiger partial charge on any atom is -0.468 e. The van der Waals surface area contributed by atoms with Crippen molar-refractivity contribution in [2.45, 2.75) is 0 Å². The van der Waals surface area contributed by atoms with Gasteiger partial charge in [-0.1, -0.05) is 0 Å². The predicted molar refractivity (Wildman–Crippen MR) is 44.9 cm³/mol. The van der Waals surface area contributed by atoms with E-state index < -0.39 is 11.8 Å². The minimum atomic E-state index is -0.658. The first kappa shape index (κ1) is 9.38. The Balaban J connectivity index is 2.65. The molecule has 13 heavy (non-hydrogen) atoms. The van der Waals surface area contributed by atoms with Crippen molar-refractivity contribution in [2.75, 3.05) is 7.11 Å². The molecule has 1 rings (SSSR count). The number of nitrogens with zero attached hydrogens (tertiary/aromatic N) is 1. The number of Topliss-reactive ketones (excluding diaryl/α,β-unsaturated/α-hetero) is 1. The van der Waals surface area contributed by atoms with Crippen LogP contribution in [0.25, 0.3) is 0 Å². The average Bonchev–Trinajstić information content (AvgIpc) is 2.19. The zero-order valence-electron chi connectivity index (χ0n) is 7.06. The summed E-state index contributed by atoms with van der Waals surface area (Å²) in [6.45, 7) is 0. The number of ether oxygens (including phenoxy) is 1. The third-order valence-electron chi connectivity index (χ3n) is 1.40. The van der Waals surface area contributed by atoms with Crippen molar-refractivity contribution in [3.63, 3.8) is 0 Å². The van der Waals surface area contributed by atoms with Crippen LogP contribution in [0.5, 0.6) is 0 Å². The Kier molecular flexibility index (Phi) is 3.14. The molecule has 0 atom stereocenters. The molecule has 0 aliphatic rings. The zero-order chi connectivity index (χ0) is 9.68. The van der Waals surface area contributed by atoms with Crippen LogP contribution in [-0.4, -0.2) is 23.8 Å². The molecule has 67 valence electrons. The number of carbonyl (C=O) groups is 2. The first-order valence-corrected chi connectivity index (χ1v) is 3.61. The normalized spacial score (nSPS) is 9.31. The number of hydrogen-bond acceptors (Lipinski definition) is 4. The van der Waals surface area contributed by atoms with Crippen molar-refractivity contribution in [2.24, 2.45) is 0 Å². The van der Waals surface area contributed by atoms with Crippen LogP contribution in [0, 0.1) is 6.42 Å². The van der Waals surface area contributed by atoms with E-state index in [9.17, 15) is 9.59 Å². The second-order valence-electron chi connectivity index (χ2n) is 2.27. The Bertz CT molecular complexity index is 308. The SMILES string of the molecule is COC(=O)[CH]C(=O)c1cccnc1. The zero-order valence-corrected chi connectivity index (χ0v) is 7.06. The van der Waals surface area contributed by atoms with Gasteiger partial charge in [0.25, 0.3) is 0 Å². The summed E-state index contributed by atoms with van der Waals surface area (Å²) in [5.74, 6) is -1.06. The van der Waals surface area contributed by atoms with Crippen molar-refractivity contribution in [3.8, 4) is 0 Å². The van der Waals surface area contributed by atoms with Crippen LogP contribution in [0.2, 0.25) is 0 Å². The summed E-state index contributed by atoms with van der Waals surface area (Å²) in [6, 6.07) is 3.20. The summed E-state index contributed by atoms with van der Waals surface area (Å²) < 4.78 is 4.31. The smallest absolute Gasteiger partial charge is 0.317 e. The monoisotopic (exact) mass is 178 g/mol. The first-order chi connectivity index (χ1) is 6.24. The molecule has 0 unspecified atom stereocenters. The lowest BCUT2D eigenvalue weighted by Gasteiger charge is -1.97. The maximum absolute atomic E-state index is 11.2. The number of rotatable bonds is 3. The number of pyridine rings is 1. The molecule has 0 amide bonds. The van der Waals surface area contributed by atoms with Crippen LogP contribution in [0.4, 0.5) is 0 Å². The highest BCUT2D eigenvalue weighted by molar-refractivity contribution is 6.15. The van der Waals surface area contributed by atoms with Gasteiger partial charge in [0, 0.05) is 18.0 Å². The van der Waals surface area contributed by atoms with E-state index in [2.05, 4.69) is 9.72 Å². The van der Waals surface area contributed by atoms with Crippen molar-refractivity contribution in [3.05, 3.63) is 36.5 Å². The van der Waals surface area contributed by atoms with Crippen LogP contribution in [0.3, 0.4) is 0 Å². The van der Waals surface area contributed by atoms with E-state index in [1.54, 1.807) is 18.3 Å². The molecule has 0 aliphatic heterocycles. The van der Waals surface area contributed by atoms with Gasteiger partial charge in [0.05, 0.1) is 7.11 Å². The third-order valence-corrected chi connectivity index (χ3v) is 1.40. The molecule has 0 fully saturated rings. The first-order valence-electron chi connectivity index (χ1n) is 3.61. The lowest BCUT2D eigenvalue weighted by atomic mass is 10.1. The average molecular weight is 178 g/mol. The molecule has 0 saturated carbocycles. The maximum atomic E-state index is 11.2. The molecular formula is C9H8NO3. The molecule has 0 aromatic carbocycles. The highest BCUT2D eigenvalue weighted by atomic mass is 16.5. The van der Waals surface area contributed by atoms with E-state index in [0.717, 1.165) is 6.42 Å². The molecule has 0 bridgehead atoms. The lowest BCUT2D eigenvalue weighted by molar-refractivity contribution is -0.136. The Hall–Kier alpha value is -1.71. The van der Waals surface area contributed by atoms with Crippen molar-refractivity contribution in [1.82, 2.24) is 4.98 Å². The number of esters is 1. The Morgan fingerprint density at radius 3 is 2.85 bits per heavy atom. The molecule has 1 aromatic rings. The third kappa shape index (κ3) is 2.66. The number of aromatic nitrogens is 1. The van der Waals surface area contributed by atoms with Gasteiger partial charge in [-0.15, -0.1) is 0 Å². The van der Waals surface area contributed by atoms with Crippen LogP contribution >= 0.6 is 0 Å². The molecule has 0 aliphatic carbocycles. The number of hydrogen-bond donors (Lipinski definition) is 0. The minimum absolute atomic E-state index is 0.368. The van der Waals surface area contributed by atoms with Gasteiger partial charge in [0.15, 0.2) is 5.78 Å². The Morgan fingerprint density at radius 1 is 1.54 bits per heavy atom. The van der Waals surface area contributed by atoms with Crippen LogP contribution in [0.1, 0.15) is 10.4 Å². The second kappa shape index (κ2) is 4.35. The highest BCUT2D eigenvalue weighted by Crippen LogP contribution is 2.00. The van der Waals surface area contributed by atoms with Gasteiger partial charge >= 0.3 is 5.97 Å². The van der Waals surface area contributed by atoms with Crippen molar-refractivity contribution in [1.29, 1.82) is 0 Å². The van der Waals surface area contributed by atoms with Gasteiger partial charge in [-0.3, -0.25) is 14.6 Å². The summed E-state index contributed by atoms with van der Waals surface area (Å²) in [7, 11) is 1.22. The van der Waals surface area contributed by atoms with Crippen LogP contribution in [-0.2, 0) is 9.53 Å². The fraction of sp³-hybridized carbons (Fsp3) is 0.111. The van der Waals surface area contributed by atoms with Gasteiger partial charge < -0.3 is 4.74 Å². The van der Waals surface area contributed by atoms with E-state index in [1.165, 1.54) is 13.3 Å². The molecule has 4 nitrogen and oxygen atoms in total. The summed E-state index contributed by atoms with van der Waals surface area (Å²) in [4.78, 5) is 25.6. The van der Waals surface area contributed by atoms with Gasteiger partial charge in [0.1, 0.15) is 6.42 Å². The molecular weight excluding hydrogens is 170 g/mol. The van der Waals surface area contributed by atoms with E-state index in [0.29, 0.717) is 5.56 Å². The largest absolute Gasteiger partial charge is 0.468 e. The van der Waals surface area contributed by atoms with Gasteiger partial charge in [0.2, 0.25) is 0 Å². The fourth-order valence-electron chi connectivity index (χ4n) is 0.758. The predicted octanol–water partition coefficient (Wildman–Crippen LogP) is 0.642. The summed E-state index contributed by atoms with van der Waals surface area (Å²) in [5, 5.41) is 0. The van der Waals surface area contributed by atoms with E-state index in [4.69, 9.17) is 0 Å². The fourth-order valence-corrected chi connectivity index (χ4v) is 0.758. The molecule has 1 radical (unpaired) electrons. The molecule has 4 heteroatoms. The van der Waals surface area contributed by atoms with Gasteiger partial charge in [-0.05, 0) is 12.1 Å². The maximum Gasteiger partial charge on any atom is 0.317 e. The van der Waals surface area contributed by atoms with Gasteiger partial charge in [-0.2, -0.15) is 0 Å². The van der Waals surface area contributed by atoms with Crippen molar-refractivity contribution < 1.29 is 14.3 Å². The Morgan fingerprint density at radius 2 is 2.31 bits per heavy atom. The molecule has 0 spiro atoms. The molecule has 1 heterocycles. The number of carbonyl (C=O) groups excluding carboxylic acids is 2. The van der Waals surface area contributed by atoms with Crippen LogP contribution in [0.15, 0.2) is 24.5 Å². The second-order valence-corrected chi connectivity index (χ2v) is 2.27. The van der Waals surface area contributed by atoms with E-state index in [1.807, 2.05) is 0 Å².